The van der Waals surface area contributed by atoms with Crippen LogP contribution in [-0.4, -0.2) is 48.0 Å². The maximum atomic E-state index is 12.7. The highest BCUT2D eigenvalue weighted by Gasteiger charge is 2.23. The molecule has 30 heavy (non-hydrogen) atoms. The van der Waals surface area contributed by atoms with Gasteiger partial charge >= 0.3 is 0 Å². The first kappa shape index (κ1) is 21.7. The van der Waals surface area contributed by atoms with Gasteiger partial charge in [0, 0.05) is 31.4 Å². The summed E-state index contributed by atoms with van der Waals surface area (Å²) in [7, 11) is -2.11. The average molecular weight is 427 g/mol. The molecular formula is C22H26N4O3S. The van der Waals surface area contributed by atoms with E-state index < -0.39 is 10.0 Å². The Bertz CT molecular complexity index is 1110. The third-order valence-electron chi connectivity index (χ3n) is 4.86. The number of carbonyl (C=O) groups excluding carboxylic acids is 1. The number of sulfonamides is 1. The summed E-state index contributed by atoms with van der Waals surface area (Å²) < 4.78 is 28.4. The molecule has 0 aliphatic heterocycles. The largest absolute Gasteiger partial charge is 0.352 e. The average Bonchev–Trinajstić information content (AvgIpc) is 3.22. The number of nitrogens with zero attached hydrogens (tertiary/aromatic N) is 3. The molecule has 1 aromatic heterocycles. The Kier molecular flexibility index (Phi) is 6.69. The minimum Gasteiger partial charge on any atom is -0.352 e. The Hall–Kier alpha value is -2.97. The number of hydrogen-bond donors (Lipinski definition) is 1. The zero-order valence-electron chi connectivity index (χ0n) is 17.3. The summed E-state index contributed by atoms with van der Waals surface area (Å²) in [6, 6.07) is 15.7. The predicted octanol–water partition coefficient (Wildman–Crippen LogP) is 2.87. The Morgan fingerprint density at radius 1 is 1.13 bits per heavy atom. The molecule has 0 saturated heterocycles. The lowest BCUT2D eigenvalue weighted by Crippen LogP contribution is -2.33. The summed E-state index contributed by atoms with van der Waals surface area (Å²) in [5.74, 6) is -0.310. The van der Waals surface area contributed by atoms with Crippen molar-refractivity contribution in [2.45, 2.75) is 31.2 Å². The van der Waals surface area contributed by atoms with Gasteiger partial charge in [-0.3, -0.25) is 4.79 Å². The molecule has 3 aromatic rings. The number of aromatic nitrogens is 2. The van der Waals surface area contributed by atoms with E-state index in [9.17, 15) is 13.2 Å². The van der Waals surface area contributed by atoms with Crippen LogP contribution in [0.15, 0.2) is 71.9 Å². The molecule has 3 rings (SSSR count). The van der Waals surface area contributed by atoms with E-state index in [-0.39, 0.29) is 16.8 Å². The number of benzene rings is 2. The first-order valence-corrected chi connectivity index (χ1v) is 11.2. The third-order valence-corrected chi connectivity index (χ3v) is 6.89. The van der Waals surface area contributed by atoms with Crippen molar-refractivity contribution in [3.8, 4) is 5.69 Å². The Labute approximate surface area is 177 Å². The van der Waals surface area contributed by atoms with Crippen LogP contribution in [-0.2, 0) is 16.4 Å². The molecule has 158 valence electrons. The Morgan fingerprint density at radius 2 is 1.87 bits per heavy atom. The molecule has 0 spiro atoms. The summed E-state index contributed by atoms with van der Waals surface area (Å²) in [5.41, 5.74) is 2.28. The van der Waals surface area contributed by atoms with Gasteiger partial charge in [0.25, 0.3) is 5.91 Å². The van der Waals surface area contributed by atoms with Crippen LogP contribution in [0, 0.1) is 0 Å². The van der Waals surface area contributed by atoms with Gasteiger partial charge in [-0.15, -0.1) is 0 Å². The molecule has 0 unspecified atom stereocenters. The Morgan fingerprint density at radius 3 is 2.57 bits per heavy atom. The number of nitrogens with one attached hydrogen (secondary N) is 1. The van der Waals surface area contributed by atoms with Gasteiger partial charge in [-0.2, -0.15) is 9.40 Å². The minimum atomic E-state index is -3.64. The van der Waals surface area contributed by atoms with Crippen LogP contribution >= 0.6 is 0 Å². The van der Waals surface area contributed by atoms with E-state index in [4.69, 9.17) is 0 Å². The molecule has 0 fully saturated rings. The van der Waals surface area contributed by atoms with Crippen molar-refractivity contribution in [3.63, 3.8) is 0 Å². The van der Waals surface area contributed by atoms with E-state index in [0.29, 0.717) is 18.5 Å². The van der Waals surface area contributed by atoms with Crippen molar-refractivity contribution in [1.29, 1.82) is 0 Å². The van der Waals surface area contributed by atoms with Crippen LogP contribution in [0.3, 0.4) is 0 Å². The van der Waals surface area contributed by atoms with Crippen LogP contribution in [0.2, 0.25) is 0 Å². The van der Waals surface area contributed by atoms with Crippen LogP contribution in [0.1, 0.15) is 29.8 Å². The molecule has 1 N–H and O–H groups in total. The number of carbonyl (C=O) groups is 1. The third kappa shape index (κ3) is 4.95. The summed E-state index contributed by atoms with van der Waals surface area (Å²) in [6.45, 7) is 4.02. The standard InChI is InChI=1S/C22H26N4O3S/c1-17(2)25(3)30(28,29)21-11-7-8-19(14-21)22(27)23-13-12-18-15-24-26(16-18)20-9-5-4-6-10-20/h4-11,14-17H,12-13H2,1-3H3,(H,23,27). The summed E-state index contributed by atoms with van der Waals surface area (Å²) in [5, 5.41) is 7.19. The smallest absolute Gasteiger partial charge is 0.251 e. The fourth-order valence-electron chi connectivity index (χ4n) is 2.88. The lowest BCUT2D eigenvalue weighted by Gasteiger charge is -2.21. The second-order valence-corrected chi connectivity index (χ2v) is 9.27. The quantitative estimate of drug-likeness (QED) is 0.600. The molecule has 0 aliphatic carbocycles. The van der Waals surface area contributed by atoms with Gasteiger partial charge in [-0.1, -0.05) is 24.3 Å². The van der Waals surface area contributed by atoms with E-state index in [1.54, 1.807) is 36.9 Å². The van der Waals surface area contributed by atoms with E-state index in [2.05, 4.69) is 10.4 Å². The van der Waals surface area contributed by atoms with E-state index in [1.165, 1.54) is 23.5 Å². The number of amides is 1. The van der Waals surface area contributed by atoms with Gasteiger partial charge in [0.15, 0.2) is 0 Å². The maximum Gasteiger partial charge on any atom is 0.251 e. The lowest BCUT2D eigenvalue weighted by atomic mass is 10.2. The lowest BCUT2D eigenvalue weighted by molar-refractivity contribution is 0.0954. The highest BCUT2D eigenvalue weighted by molar-refractivity contribution is 7.89. The van der Waals surface area contributed by atoms with Crippen molar-refractivity contribution in [2.24, 2.45) is 0 Å². The normalized spacial score (nSPS) is 11.8. The molecular weight excluding hydrogens is 400 g/mol. The van der Waals surface area contributed by atoms with Crippen molar-refractivity contribution in [1.82, 2.24) is 19.4 Å². The second-order valence-electron chi connectivity index (χ2n) is 7.28. The maximum absolute atomic E-state index is 12.7. The molecule has 8 heteroatoms. The molecule has 0 atom stereocenters. The predicted molar refractivity (Wildman–Crippen MR) is 116 cm³/mol. The van der Waals surface area contributed by atoms with Gasteiger partial charge < -0.3 is 5.32 Å². The highest BCUT2D eigenvalue weighted by atomic mass is 32.2. The molecule has 0 radical (unpaired) electrons. The second kappa shape index (κ2) is 9.23. The molecule has 1 heterocycles. The van der Waals surface area contributed by atoms with Crippen LogP contribution in [0.5, 0.6) is 0 Å². The first-order valence-electron chi connectivity index (χ1n) is 9.74. The van der Waals surface area contributed by atoms with E-state index in [0.717, 1.165) is 11.3 Å². The molecule has 0 bridgehead atoms. The van der Waals surface area contributed by atoms with E-state index >= 15 is 0 Å². The summed E-state index contributed by atoms with van der Waals surface area (Å²) >= 11 is 0. The number of rotatable bonds is 8. The van der Waals surface area contributed by atoms with Gasteiger partial charge in [-0.05, 0) is 56.2 Å². The monoisotopic (exact) mass is 426 g/mol. The summed E-state index contributed by atoms with van der Waals surface area (Å²) in [4.78, 5) is 12.6. The van der Waals surface area contributed by atoms with Gasteiger partial charge in [0.2, 0.25) is 10.0 Å². The van der Waals surface area contributed by atoms with Gasteiger partial charge in [-0.25, -0.2) is 13.1 Å². The molecule has 0 aliphatic rings. The fourth-order valence-corrected chi connectivity index (χ4v) is 4.29. The molecule has 1 amide bonds. The summed E-state index contributed by atoms with van der Waals surface area (Å²) in [6.07, 6.45) is 4.32. The van der Waals surface area contributed by atoms with Crippen molar-refractivity contribution < 1.29 is 13.2 Å². The molecule has 7 nitrogen and oxygen atoms in total. The minimum absolute atomic E-state index is 0.107. The molecule has 2 aromatic carbocycles. The van der Waals surface area contributed by atoms with Crippen LogP contribution < -0.4 is 5.32 Å². The van der Waals surface area contributed by atoms with Crippen LogP contribution in [0.4, 0.5) is 0 Å². The topological polar surface area (TPSA) is 84.3 Å². The highest BCUT2D eigenvalue weighted by Crippen LogP contribution is 2.18. The van der Waals surface area contributed by atoms with Crippen molar-refractivity contribution in [2.75, 3.05) is 13.6 Å². The number of hydrogen-bond acceptors (Lipinski definition) is 4. The van der Waals surface area contributed by atoms with Crippen molar-refractivity contribution >= 4 is 15.9 Å². The first-order chi connectivity index (χ1) is 14.3. The van der Waals surface area contributed by atoms with Crippen LogP contribution in [0.25, 0.3) is 5.69 Å². The molecule has 0 saturated carbocycles. The van der Waals surface area contributed by atoms with Gasteiger partial charge in [0.05, 0.1) is 16.8 Å². The Balaban J connectivity index is 1.61. The fraction of sp³-hybridized carbons (Fsp3) is 0.273. The SMILES string of the molecule is CC(C)N(C)S(=O)(=O)c1cccc(C(=O)NCCc2cnn(-c3ccccc3)c2)c1. The van der Waals surface area contributed by atoms with Gasteiger partial charge in [0.1, 0.15) is 0 Å². The number of para-hydroxylation sites is 1. The van der Waals surface area contributed by atoms with Crippen molar-refractivity contribution in [3.05, 3.63) is 78.1 Å². The zero-order valence-corrected chi connectivity index (χ0v) is 18.1. The zero-order chi connectivity index (χ0) is 21.7. The van der Waals surface area contributed by atoms with E-state index in [1.807, 2.05) is 36.5 Å².